The van der Waals surface area contributed by atoms with Crippen LogP contribution in [-0.4, -0.2) is 19.3 Å². The number of nitrogens with one attached hydrogen (secondary N) is 1. The molecule has 0 heterocycles. The molecule has 1 fully saturated rings. The van der Waals surface area contributed by atoms with Crippen LogP contribution in [0.25, 0.3) is 0 Å². The Balaban J connectivity index is 1.98. The molecule has 82 valence electrons. The number of benzene rings is 1. The fourth-order valence-electron chi connectivity index (χ4n) is 1.98. The second kappa shape index (κ2) is 4.51. The molecule has 1 aliphatic carbocycles. The highest BCUT2D eigenvalue weighted by Crippen LogP contribution is 2.26. The summed E-state index contributed by atoms with van der Waals surface area (Å²) in [5.74, 6) is 0.823. The lowest BCUT2D eigenvalue weighted by atomic mass is 10.2. The largest absolute Gasteiger partial charge is 0.497 e. The summed E-state index contributed by atoms with van der Waals surface area (Å²) in [7, 11) is 1.64. The van der Waals surface area contributed by atoms with Crippen LogP contribution in [-0.2, 0) is 0 Å². The predicted octanol–water partition coefficient (Wildman–Crippen LogP) is 3.00. The second-order valence-electron chi connectivity index (χ2n) is 3.93. The zero-order valence-corrected chi connectivity index (χ0v) is 8.87. The van der Waals surface area contributed by atoms with Gasteiger partial charge >= 0.3 is 0 Å². The van der Waals surface area contributed by atoms with Gasteiger partial charge in [0.1, 0.15) is 11.9 Å². The first kappa shape index (κ1) is 10.3. The topological polar surface area (TPSA) is 21.3 Å². The maximum atomic E-state index is 13.3. The van der Waals surface area contributed by atoms with Gasteiger partial charge in [-0.05, 0) is 43.5 Å². The van der Waals surface area contributed by atoms with E-state index in [9.17, 15) is 4.39 Å². The van der Waals surface area contributed by atoms with Crippen molar-refractivity contribution < 1.29 is 9.13 Å². The molecule has 0 saturated heterocycles. The minimum Gasteiger partial charge on any atom is -0.497 e. The predicted molar refractivity (Wildman–Crippen MR) is 59.2 cm³/mol. The summed E-state index contributed by atoms with van der Waals surface area (Å²) in [5.41, 5.74) is 0.963. The molecular formula is C12H16FNO. The number of anilines is 1. The Morgan fingerprint density at radius 1 is 1.27 bits per heavy atom. The number of alkyl halides is 1. The quantitative estimate of drug-likeness (QED) is 0.826. The molecule has 0 amide bonds. The highest BCUT2D eigenvalue weighted by Gasteiger charge is 2.26. The van der Waals surface area contributed by atoms with Crippen LogP contribution in [0.5, 0.6) is 5.75 Å². The minimum atomic E-state index is -0.702. The van der Waals surface area contributed by atoms with Crippen LogP contribution in [0.1, 0.15) is 19.3 Å². The number of rotatable bonds is 3. The van der Waals surface area contributed by atoms with Crippen LogP contribution >= 0.6 is 0 Å². The van der Waals surface area contributed by atoms with Crippen molar-refractivity contribution >= 4 is 5.69 Å². The number of ether oxygens (including phenoxy) is 1. The van der Waals surface area contributed by atoms with Crippen LogP contribution < -0.4 is 10.1 Å². The third-order valence-electron chi connectivity index (χ3n) is 2.87. The van der Waals surface area contributed by atoms with Crippen LogP contribution in [0.2, 0.25) is 0 Å². The van der Waals surface area contributed by atoms with Crippen molar-refractivity contribution in [3.8, 4) is 5.75 Å². The number of hydrogen-bond donors (Lipinski definition) is 1. The fourth-order valence-corrected chi connectivity index (χ4v) is 1.98. The van der Waals surface area contributed by atoms with E-state index in [2.05, 4.69) is 5.32 Å². The first-order valence-electron chi connectivity index (χ1n) is 5.34. The third-order valence-corrected chi connectivity index (χ3v) is 2.87. The summed E-state index contributed by atoms with van der Waals surface area (Å²) in [6, 6.07) is 7.58. The lowest BCUT2D eigenvalue weighted by Gasteiger charge is -2.16. The Morgan fingerprint density at radius 3 is 2.53 bits per heavy atom. The van der Waals surface area contributed by atoms with Gasteiger partial charge in [0, 0.05) is 5.69 Å². The maximum absolute atomic E-state index is 13.3. The normalized spacial score (nSPS) is 25.2. The molecule has 0 unspecified atom stereocenters. The van der Waals surface area contributed by atoms with E-state index in [0.29, 0.717) is 6.42 Å². The van der Waals surface area contributed by atoms with Crippen LogP contribution in [0.4, 0.5) is 10.1 Å². The lowest BCUT2D eigenvalue weighted by Crippen LogP contribution is -2.24. The highest BCUT2D eigenvalue weighted by atomic mass is 19.1. The van der Waals surface area contributed by atoms with E-state index in [1.165, 1.54) is 0 Å². The first-order chi connectivity index (χ1) is 7.29. The summed E-state index contributed by atoms with van der Waals surface area (Å²) in [4.78, 5) is 0. The van der Waals surface area contributed by atoms with Gasteiger partial charge in [-0.25, -0.2) is 4.39 Å². The Morgan fingerprint density at radius 2 is 2.00 bits per heavy atom. The van der Waals surface area contributed by atoms with Crippen molar-refractivity contribution in [3.63, 3.8) is 0 Å². The molecule has 0 radical (unpaired) electrons. The zero-order valence-electron chi connectivity index (χ0n) is 8.87. The van der Waals surface area contributed by atoms with Gasteiger partial charge in [-0.3, -0.25) is 0 Å². The molecule has 2 nitrogen and oxygen atoms in total. The van der Waals surface area contributed by atoms with Crippen molar-refractivity contribution in [1.82, 2.24) is 0 Å². The fraction of sp³-hybridized carbons (Fsp3) is 0.500. The van der Waals surface area contributed by atoms with Gasteiger partial charge in [0.25, 0.3) is 0 Å². The molecule has 0 aliphatic heterocycles. The molecule has 1 N–H and O–H groups in total. The average Bonchev–Trinajstić information content (AvgIpc) is 2.66. The SMILES string of the molecule is COc1ccc(N[C@@H]2CCC[C@H]2F)cc1. The highest BCUT2D eigenvalue weighted by molar-refractivity contribution is 5.47. The first-order valence-corrected chi connectivity index (χ1v) is 5.34. The van der Waals surface area contributed by atoms with Gasteiger partial charge in [0.05, 0.1) is 13.2 Å². The molecule has 3 heteroatoms. The molecule has 15 heavy (non-hydrogen) atoms. The summed E-state index contributed by atoms with van der Waals surface area (Å²) in [6.45, 7) is 0. The second-order valence-corrected chi connectivity index (χ2v) is 3.93. The van der Waals surface area contributed by atoms with E-state index in [-0.39, 0.29) is 6.04 Å². The lowest BCUT2D eigenvalue weighted by molar-refractivity contribution is 0.323. The Labute approximate surface area is 89.4 Å². The Hall–Kier alpha value is -1.25. The van der Waals surface area contributed by atoms with E-state index >= 15 is 0 Å². The Kier molecular flexibility index (Phi) is 3.09. The molecular weight excluding hydrogens is 193 g/mol. The summed E-state index contributed by atoms with van der Waals surface area (Å²) in [6.07, 6.45) is 1.89. The Bertz CT molecular complexity index is 312. The van der Waals surface area contributed by atoms with E-state index < -0.39 is 6.17 Å². The minimum absolute atomic E-state index is 0.0154. The van der Waals surface area contributed by atoms with Crippen molar-refractivity contribution in [1.29, 1.82) is 0 Å². The van der Waals surface area contributed by atoms with Gasteiger partial charge in [-0.1, -0.05) is 0 Å². The molecule has 0 aromatic heterocycles. The third kappa shape index (κ3) is 2.41. The molecule has 1 aliphatic rings. The van der Waals surface area contributed by atoms with Gasteiger partial charge < -0.3 is 10.1 Å². The van der Waals surface area contributed by atoms with Gasteiger partial charge in [0.2, 0.25) is 0 Å². The van der Waals surface area contributed by atoms with Gasteiger partial charge in [-0.2, -0.15) is 0 Å². The molecule has 1 aromatic rings. The van der Waals surface area contributed by atoms with Crippen molar-refractivity contribution in [2.24, 2.45) is 0 Å². The summed E-state index contributed by atoms with van der Waals surface area (Å²) >= 11 is 0. The van der Waals surface area contributed by atoms with Crippen molar-refractivity contribution in [3.05, 3.63) is 24.3 Å². The van der Waals surface area contributed by atoms with E-state index in [4.69, 9.17) is 4.74 Å². The van der Waals surface area contributed by atoms with E-state index in [1.807, 2.05) is 24.3 Å². The number of methoxy groups -OCH3 is 1. The maximum Gasteiger partial charge on any atom is 0.120 e. The van der Waals surface area contributed by atoms with Crippen LogP contribution in [0, 0.1) is 0 Å². The number of halogens is 1. The smallest absolute Gasteiger partial charge is 0.120 e. The number of hydrogen-bond acceptors (Lipinski definition) is 2. The molecule has 2 atom stereocenters. The van der Waals surface area contributed by atoms with E-state index in [1.54, 1.807) is 7.11 Å². The summed E-state index contributed by atoms with van der Waals surface area (Å²) in [5, 5.41) is 3.21. The monoisotopic (exact) mass is 209 g/mol. The molecule has 2 rings (SSSR count). The van der Waals surface area contributed by atoms with Crippen molar-refractivity contribution in [2.75, 3.05) is 12.4 Å². The molecule has 1 saturated carbocycles. The molecule has 0 spiro atoms. The summed E-state index contributed by atoms with van der Waals surface area (Å²) < 4.78 is 18.4. The van der Waals surface area contributed by atoms with E-state index in [0.717, 1.165) is 24.3 Å². The zero-order chi connectivity index (χ0) is 10.7. The standard InChI is InChI=1S/C12H16FNO/c1-15-10-7-5-9(6-8-10)14-12-4-2-3-11(12)13/h5-8,11-12,14H,2-4H2,1H3/t11-,12-/m1/s1. The van der Waals surface area contributed by atoms with Crippen LogP contribution in [0.3, 0.4) is 0 Å². The van der Waals surface area contributed by atoms with Gasteiger partial charge in [-0.15, -0.1) is 0 Å². The van der Waals surface area contributed by atoms with Crippen LogP contribution in [0.15, 0.2) is 24.3 Å². The average molecular weight is 209 g/mol. The molecule has 1 aromatic carbocycles. The van der Waals surface area contributed by atoms with Crippen molar-refractivity contribution in [2.45, 2.75) is 31.5 Å². The van der Waals surface area contributed by atoms with Gasteiger partial charge in [0.15, 0.2) is 0 Å². The molecule has 0 bridgehead atoms.